The zero-order valence-electron chi connectivity index (χ0n) is 11.1. The average Bonchev–Trinajstić information content (AvgIpc) is 2.70. The summed E-state index contributed by atoms with van der Waals surface area (Å²) in [5.74, 6) is 0.543. The Kier molecular flexibility index (Phi) is 6.89. The molecular weight excluding hydrogens is 312 g/mol. The summed E-state index contributed by atoms with van der Waals surface area (Å²) in [7, 11) is 0. The summed E-state index contributed by atoms with van der Waals surface area (Å²) >= 11 is 5.18. The molecule has 0 fully saturated rings. The lowest BCUT2D eigenvalue weighted by Crippen LogP contribution is -2.41. The Bertz CT molecular complexity index is 379. The third-order valence-corrected chi connectivity index (χ3v) is 4.53. The predicted molar refractivity (Wildman–Crippen MR) is 81.0 cm³/mol. The van der Waals surface area contributed by atoms with Crippen LogP contribution in [0.15, 0.2) is 15.9 Å². The van der Waals surface area contributed by atoms with Crippen molar-refractivity contribution in [2.24, 2.45) is 5.92 Å². The molecule has 1 rings (SSSR count). The van der Waals surface area contributed by atoms with Gasteiger partial charge in [0.1, 0.15) is 0 Å². The summed E-state index contributed by atoms with van der Waals surface area (Å²) in [6.07, 6.45) is 0.962. The first-order chi connectivity index (χ1) is 8.49. The second-order valence-electron chi connectivity index (χ2n) is 4.73. The van der Waals surface area contributed by atoms with Crippen molar-refractivity contribution in [3.63, 3.8) is 0 Å². The quantitative estimate of drug-likeness (QED) is 0.754. The van der Waals surface area contributed by atoms with Crippen molar-refractivity contribution in [2.75, 3.05) is 13.1 Å². The molecule has 0 aliphatic rings. The molecule has 0 bridgehead atoms. The minimum atomic E-state index is 0.0727. The lowest BCUT2D eigenvalue weighted by atomic mass is 10.1. The van der Waals surface area contributed by atoms with Gasteiger partial charge in [0.05, 0.1) is 10.3 Å². The molecule has 1 aromatic rings. The molecule has 1 unspecified atom stereocenters. The van der Waals surface area contributed by atoms with E-state index in [2.05, 4.69) is 52.5 Å². The molecule has 0 saturated carbocycles. The summed E-state index contributed by atoms with van der Waals surface area (Å²) in [5, 5.41) is 6.14. The first kappa shape index (κ1) is 15.7. The number of rotatable bonds is 7. The monoisotopic (exact) mass is 332 g/mol. The van der Waals surface area contributed by atoms with E-state index in [0.717, 1.165) is 16.8 Å². The number of carbonyl (C=O) groups excluding carboxylic acids is 1. The van der Waals surface area contributed by atoms with Crippen LogP contribution in [-0.4, -0.2) is 25.0 Å². The van der Waals surface area contributed by atoms with Gasteiger partial charge in [0.15, 0.2) is 0 Å². The molecule has 1 aromatic heterocycles. The molecule has 1 atom stereocenters. The van der Waals surface area contributed by atoms with Gasteiger partial charge in [0.25, 0.3) is 0 Å². The van der Waals surface area contributed by atoms with Gasteiger partial charge >= 0.3 is 0 Å². The number of hydrogen-bond donors (Lipinski definition) is 2. The first-order valence-corrected chi connectivity index (χ1v) is 7.84. The lowest BCUT2D eigenvalue weighted by Gasteiger charge is -2.17. The zero-order chi connectivity index (χ0) is 13.5. The molecule has 2 N–H and O–H groups in total. The number of halogens is 1. The second kappa shape index (κ2) is 7.92. The number of carbonyl (C=O) groups is 1. The summed E-state index contributed by atoms with van der Waals surface area (Å²) in [6.45, 7) is 7.46. The Labute approximate surface area is 121 Å². The predicted octanol–water partition coefficient (Wildman–Crippen LogP) is 2.80. The van der Waals surface area contributed by atoms with Crippen LogP contribution >= 0.6 is 27.3 Å². The van der Waals surface area contributed by atoms with Gasteiger partial charge in [0, 0.05) is 17.5 Å². The second-order valence-corrected chi connectivity index (χ2v) is 7.28. The summed E-state index contributed by atoms with van der Waals surface area (Å²) in [4.78, 5) is 12.9. The van der Waals surface area contributed by atoms with Gasteiger partial charge in [-0.05, 0) is 47.3 Å². The van der Waals surface area contributed by atoms with Crippen LogP contribution in [0, 0.1) is 5.92 Å². The standard InChI is InChI=1S/C13H21BrN2OS/c1-9(2)10(3)16-13(17)8-15-7-6-11-4-5-12(14)18-11/h4-5,9-10,15H,6-8H2,1-3H3,(H,16,17). The minimum absolute atomic E-state index is 0.0727. The van der Waals surface area contributed by atoms with Crippen molar-refractivity contribution in [1.82, 2.24) is 10.6 Å². The number of hydrogen-bond acceptors (Lipinski definition) is 3. The SMILES string of the molecule is CC(C)C(C)NC(=O)CNCCc1ccc(Br)s1. The Morgan fingerprint density at radius 3 is 2.67 bits per heavy atom. The van der Waals surface area contributed by atoms with Gasteiger partial charge < -0.3 is 10.6 Å². The highest BCUT2D eigenvalue weighted by atomic mass is 79.9. The maximum atomic E-state index is 11.6. The van der Waals surface area contributed by atoms with Crippen LogP contribution < -0.4 is 10.6 Å². The van der Waals surface area contributed by atoms with Crippen molar-refractivity contribution in [2.45, 2.75) is 33.2 Å². The van der Waals surface area contributed by atoms with Gasteiger partial charge in [-0.1, -0.05) is 13.8 Å². The molecule has 1 amide bonds. The maximum Gasteiger partial charge on any atom is 0.234 e. The minimum Gasteiger partial charge on any atom is -0.352 e. The molecule has 102 valence electrons. The van der Waals surface area contributed by atoms with E-state index in [1.807, 2.05) is 6.92 Å². The van der Waals surface area contributed by atoms with Crippen LogP contribution in [0.25, 0.3) is 0 Å². The molecule has 1 heterocycles. The van der Waals surface area contributed by atoms with E-state index in [-0.39, 0.29) is 11.9 Å². The highest BCUT2D eigenvalue weighted by molar-refractivity contribution is 9.11. The van der Waals surface area contributed by atoms with Crippen molar-refractivity contribution < 1.29 is 4.79 Å². The summed E-state index contributed by atoms with van der Waals surface area (Å²) in [5.41, 5.74) is 0. The molecule has 5 heteroatoms. The van der Waals surface area contributed by atoms with E-state index in [1.54, 1.807) is 11.3 Å². The maximum absolute atomic E-state index is 11.6. The zero-order valence-corrected chi connectivity index (χ0v) is 13.5. The molecule has 0 aromatic carbocycles. The van der Waals surface area contributed by atoms with Crippen molar-refractivity contribution in [1.29, 1.82) is 0 Å². The van der Waals surface area contributed by atoms with Gasteiger partial charge in [-0.2, -0.15) is 0 Å². The van der Waals surface area contributed by atoms with Crippen LogP contribution in [0.1, 0.15) is 25.6 Å². The molecule has 0 aliphatic heterocycles. The molecule has 3 nitrogen and oxygen atoms in total. The van der Waals surface area contributed by atoms with Crippen LogP contribution in [0.5, 0.6) is 0 Å². The van der Waals surface area contributed by atoms with Gasteiger partial charge in [0.2, 0.25) is 5.91 Å². The van der Waals surface area contributed by atoms with E-state index in [4.69, 9.17) is 0 Å². The van der Waals surface area contributed by atoms with Gasteiger partial charge in [-0.25, -0.2) is 0 Å². The smallest absolute Gasteiger partial charge is 0.234 e. The first-order valence-electron chi connectivity index (χ1n) is 6.23. The Morgan fingerprint density at radius 1 is 1.39 bits per heavy atom. The van der Waals surface area contributed by atoms with Crippen LogP contribution in [-0.2, 0) is 11.2 Å². The number of nitrogens with one attached hydrogen (secondary N) is 2. The van der Waals surface area contributed by atoms with E-state index in [9.17, 15) is 4.79 Å². The fourth-order valence-corrected chi connectivity index (χ4v) is 2.85. The topological polar surface area (TPSA) is 41.1 Å². The van der Waals surface area contributed by atoms with Gasteiger partial charge in [-0.15, -0.1) is 11.3 Å². The average molecular weight is 333 g/mol. The van der Waals surface area contributed by atoms with E-state index in [0.29, 0.717) is 12.5 Å². The fourth-order valence-electron chi connectivity index (χ4n) is 1.37. The third-order valence-electron chi connectivity index (χ3n) is 2.85. The third kappa shape index (κ3) is 5.98. The Hall–Kier alpha value is -0.390. The van der Waals surface area contributed by atoms with E-state index < -0.39 is 0 Å². The molecule has 0 aliphatic carbocycles. The Balaban J connectivity index is 2.12. The summed E-state index contributed by atoms with van der Waals surface area (Å²) in [6, 6.07) is 4.39. The van der Waals surface area contributed by atoms with Crippen molar-refractivity contribution in [3.05, 3.63) is 20.8 Å². The molecule has 0 spiro atoms. The number of thiophene rings is 1. The molecular formula is C13H21BrN2OS. The summed E-state index contributed by atoms with van der Waals surface area (Å²) < 4.78 is 1.15. The van der Waals surface area contributed by atoms with E-state index >= 15 is 0 Å². The largest absolute Gasteiger partial charge is 0.352 e. The van der Waals surface area contributed by atoms with Gasteiger partial charge in [-0.3, -0.25) is 4.79 Å². The molecule has 0 saturated heterocycles. The van der Waals surface area contributed by atoms with Crippen LogP contribution in [0.2, 0.25) is 0 Å². The van der Waals surface area contributed by atoms with Crippen LogP contribution in [0.4, 0.5) is 0 Å². The van der Waals surface area contributed by atoms with Crippen molar-refractivity contribution >= 4 is 33.2 Å². The van der Waals surface area contributed by atoms with Crippen LogP contribution in [0.3, 0.4) is 0 Å². The fraction of sp³-hybridized carbons (Fsp3) is 0.615. The highest BCUT2D eigenvalue weighted by Crippen LogP contribution is 2.21. The Morgan fingerprint density at radius 2 is 2.11 bits per heavy atom. The lowest BCUT2D eigenvalue weighted by molar-refractivity contribution is -0.121. The van der Waals surface area contributed by atoms with Crippen molar-refractivity contribution in [3.8, 4) is 0 Å². The normalized spacial score (nSPS) is 12.7. The molecule has 0 radical (unpaired) electrons. The highest BCUT2D eigenvalue weighted by Gasteiger charge is 2.09. The van der Waals surface area contributed by atoms with E-state index in [1.165, 1.54) is 4.88 Å². The number of amides is 1. The molecule has 18 heavy (non-hydrogen) atoms.